The van der Waals surface area contributed by atoms with E-state index in [1.54, 1.807) is 24.3 Å². The molecule has 2 aromatic rings. The number of carbonyl (C=O) groups is 1. The summed E-state index contributed by atoms with van der Waals surface area (Å²) in [7, 11) is -3.57. The Labute approximate surface area is 165 Å². The van der Waals surface area contributed by atoms with Crippen LogP contribution in [-0.2, 0) is 21.4 Å². The van der Waals surface area contributed by atoms with Crippen LogP contribution in [0, 0.1) is 6.92 Å². The van der Waals surface area contributed by atoms with Crippen molar-refractivity contribution in [2.45, 2.75) is 13.5 Å². The number of ether oxygens (including phenoxy) is 1. The molecule has 0 aliphatic rings. The number of hydrogen-bond acceptors (Lipinski definition) is 4. The van der Waals surface area contributed by atoms with Gasteiger partial charge in [0, 0.05) is 11.6 Å². The number of hydrogen-bond donors (Lipinski definition) is 1. The first kappa shape index (κ1) is 21.2. The molecule has 0 aromatic heterocycles. The number of sulfonamides is 1. The molecule has 0 atom stereocenters. The minimum absolute atomic E-state index is 0.0335. The predicted molar refractivity (Wildman–Crippen MR) is 106 cm³/mol. The number of rotatable bonds is 9. The third-order valence-electron chi connectivity index (χ3n) is 3.81. The van der Waals surface area contributed by atoms with E-state index < -0.39 is 15.9 Å². The first-order valence-corrected chi connectivity index (χ1v) is 10.6. The van der Waals surface area contributed by atoms with Gasteiger partial charge in [-0.05, 0) is 30.7 Å². The highest BCUT2D eigenvalue weighted by Crippen LogP contribution is 2.18. The molecular weight excluding hydrogens is 388 g/mol. The SMILES string of the molecule is Cc1ccc(OCCNC(=O)CN(Cc2ccccc2Cl)S(C)(=O)=O)cc1. The van der Waals surface area contributed by atoms with E-state index in [1.165, 1.54) is 0 Å². The van der Waals surface area contributed by atoms with Crippen LogP contribution < -0.4 is 10.1 Å². The molecule has 1 amide bonds. The Hall–Kier alpha value is -2.09. The molecular formula is C19H23ClN2O4S. The van der Waals surface area contributed by atoms with E-state index in [9.17, 15) is 13.2 Å². The second-order valence-corrected chi connectivity index (χ2v) is 8.52. The summed E-state index contributed by atoms with van der Waals surface area (Å²) in [5, 5.41) is 3.12. The molecule has 0 saturated heterocycles. The standard InChI is InChI=1S/C19H23ClN2O4S/c1-15-7-9-17(10-8-15)26-12-11-21-19(23)14-22(27(2,24)25)13-16-5-3-4-6-18(16)20/h3-10H,11-14H2,1-2H3,(H,21,23). The Bertz CT molecular complexity index is 870. The third-order valence-corrected chi connectivity index (χ3v) is 5.37. The van der Waals surface area contributed by atoms with E-state index in [1.807, 2.05) is 31.2 Å². The summed E-state index contributed by atoms with van der Waals surface area (Å²) in [5.41, 5.74) is 1.77. The van der Waals surface area contributed by atoms with Gasteiger partial charge >= 0.3 is 0 Å². The summed E-state index contributed by atoms with van der Waals surface area (Å²) >= 11 is 6.09. The van der Waals surface area contributed by atoms with Gasteiger partial charge in [-0.2, -0.15) is 4.31 Å². The average Bonchev–Trinajstić information content (AvgIpc) is 2.60. The Morgan fingerprint density at radius 1 is 1.15 bits per heavy atom. The zero-order valence-corrected chi connectivity index (χ0v) is 16.9. The van der Waals surface area contributed by atoms with Crippen LogP contribution in [0.25, 0.3) is 0 Å². The summed E-state index contributed by atoms with van der Waals surface area (Å²) in [6.45, 7) is 2.30. The van der Waals surface area contributed by atoms with Gasteiger partial charge in [-0.3, -0.25) is 4.79 Å². The molecule has 1 N–H and O–H groups in total. The maximum Gasteiger partial charge on any atom is 0.235 e. The topological polar surface area (TPSA) is 75.7 Å². The van der Waals surface area contributed by atoms with Crippen molar-refractivity contribution >= 4 is 27.5 Å². The van der Waals surface area contributed by atoms with Crippen LogP contribution in [0.3, 0.4) is 0 Å². The number of nitrogens with zero attached hydrogens (tertiary/aromatic N) is 1. The van der Waals surface area contributed by atoms with Crippen molar-refractivity contribution in [3.8, 4) is 5.75 Å². The van der Waals surface area contributed by atoms with E-state index in [4.69, 9.17) is 16.3 Å². The third kappa shape index (κ3) is 7.21. The van der Waals surface area contributed by atoms with E-state index in [2.05, 4.69) is 5.32 Å². The van der Waals surface area contributed by atoms with Crippen LogP contribution >= 0.6 is 11.6 Å². The summed E-state index contributed by atoms with van der Waals surface area (Å²) in [4.78, 5) is 12.1. The lowest BCUT2D eigenvalue weighted by Gasteiger charge is -2.20. The van der Waals surface area contributed by atoms with Crippen molar-refractivity contribution in [2.24, 2.45) is 0 Å². The largest absolute Gasteiger partial charge is 0.492 e. The molecule has 0 fully saturated rings. The normalized spacial score (nSPS) is 11.4. The Morgan fingerprint density at radius 3 is 2.44 bits per heavy atom. The van der Waals surface area contributed by atoms with Gasteiger partial charge in [0.15, 0.2) is 0 Å². The zero-order valence-electron chi connectivity index (χ0n) is 15.3. The maximum absolute atomic E-state index is 12.1. The highest BCUT2D eigenvalue weighted by molar-refractivity contribution is 7.88. The zero-order chi connectivity index (χ0) is 19.9. The molecule has 146 valence electrons. The molecule has 0 unspecified atom stereocenters. The summed E-state index contributed by atoms with van der Waals surface area (Å²) in [6.07, 6.45) is 1.07. The van der Waals surface area contributed by atoms with E-state index in [0.29, 0.717) is 16.3 Å². The highest BCUT2D eigenvalue weighted by Gasteiger charge is 2.21. The second-order valence-electron chi connectivity index (χ2n) is 6.13. The van der Waals surface area contributed by atoms with Gasteiger partial charge in [-0.25, -0.2) is 8.42 Å². The molecule has 0 radical (unpaired) electrons. The number of amides is 1. The van der Waals surface area contributed by atoms with Crippen molar-refractivity contribution in [1.29, 1.82) is 0 Å². The van der Waals surface area contributed by atoms with Gasteiger partial charge in [0.1, 0.15) is 12.4 Å². The lowest BCUT2D eigenvalue weighted by molar-refractivity contribution is -0.121. The van der Waals surface area contributed by atoms with Crippen molar-refractivity contribution in [2.75, 3.05) is 26.0 Å². The van der Waals surface area contributed by atoms with Crippen LogP contribution in [0.5, 0.6) is 5.75 Å². The maximum atomic E-state index is 12.1. The van der Waals surface area contributed by atoms with Gasteiger partial charge in [0.05, 0.1) is 19.3 Å². The van der Waals surface area contributed by atoms with Gasteiger partial charge < -0.3 is 10.1 Å². The molecule has 0 spiro atoms. The molecule has 0 aliphatic heterocycles. The Morgan fingerprint density at radius 2 is 1.81 bits per heavy atom. The fourth-order valence-corrected chi connectivity index (χ4v) is 3.24. The van der Waals surface area contributed by atoms with Crippen LogP contribution in [0.1, 0.15) is 11.1 Å². The number of halogens is 1. The number of aryl methyl sites for hydroxylation is 1. The predicted octanol–water partition coefficient (Wildman–Crippen LogP) is 2.61. The molecule has 2 aromatic carbocycles. The van der Waals surface area contributed by atoms with Crippen molar-refractivity contribution in [3.63, 3.8) is 0 Å². The first-order valence-electron chi connectivity index (χ1n) is 8.40. The monoisotopic (exact) mass is 410 g/mol. The van der Waals surface area contributed by atoms with Crippen LogP contribution in [0.2, 0.25) is 5.02 Å². The molecule has 6 nitrogen and oxygen atoms in total. The Kier molecular flexibility index (Phi) is 7.65. The quantitative estimate of drug-likeness (QED) is 0.645. The van der Waals surface area contributed by atoms with E-state index in [0.717, 1.165) is 16.1 Å². The van der Waals surface area contributed by atoms with Crippen molar-refractivity contribution in [3.05, 3.63) is 64.7 Å². The minimum atomic E-state index is -3.57. The summed E-state index contributed by atoms with van der Waals surface area (Å²) in [5.74, 6) is 0.311. The van der Waals surface area contributed by atoms with Gasteiger partial charge in [-0.1, -0.05) is 47.5 Å². The van der Waals surface area contributed by atoms with Gasteiger partial charge in [0.2, 0.25) is 15.9 Å². The van der Waals surface area contributed by atoms with Crippen LogP contribution in [0.15, 0.2) is 48.5 Å². The van der Waals surface area contributed by atoms with Crippen molar-refractivity contribution < 1.29 is 17.9 Å². The van der Waals surface area contributed by atoms with E-state index in [-0.39, 0.29) is 26.2 Å². The first-order chi connectivity index (χ1) is 12.8. The average molecular weight is 411 g/mol. The van der Waals surface area contributed by atoms with Gasteiger partial charge in [0.25, 0.3) is 0 Å². The number of nitrogens with one attached hydrogen (secondary N) is 1. The number of carbonyl (C=O) groups excluding carboxylic acids is 1. The molecule has 0 saturated carbocycles. The second kappa shape index (κ2) is 9.73. The summed E-state index contributed by atoms with van der Waals surface area (Å²) < 4.78 is 30.6. The van der Waals surface area contributed by atoms with E-state index >= 15 is 0 Å². The van der Waals surface area contributed by atoms with Crippen LogP contribution in [0.4, 0.5) is 0 Å². The highest BCUT2D eigenvalue weighted by atomic mass is 35.5. The molecule has 0 bridgehead atoms. The lowest BCUT2D eigenvalue weighted by Crippen LogP contribution is -2.41. The Balaban J connectivity index is 1.85. The minimum Gasteiger partial charge on any atom is -0.492 e. The molecule has 0 aliphatic carbocycles. The molecule has 0 heterocycles. The van der Waals surface area contributed by atoms with Crippen molar-refractivity contribution in [1.82, 2.24) is 9.62 Å². The summed E-state index contributed by atoms with van der Waals surface area (Å²) in [6, 6.07) is 14.5. The molecule has 8 heteroatoms. The van der Waals surface area contributed by atoms with Crippen LogP contribution in [-0.4, -0.2) is 44.6 Å². The number of benzene rings is 2. The molecule has 27 heavy (non-hydrogen) atoms. The smallest absolute Gasteiger partial charge is 0.235 e. The lowest BCUT2D eigenvalue weighted by atomic mass is 10.2. The van der Waals surface area contributed by atoms with Gasteiger partial charge in [-0.15, -0.1) is 0 Å². The molecule has 2 rings (SSSR count). The fourth-order valence-electron chi connectivity index (χ4n) is 2.32. The fraction of sp³-hybridized carbons (Fsp3) is 0.316.